The molecule has 1 fully saturated rings. The van der Waals surface area contributed by atoms with Crippen molar-refractivity contribution < 1.29 is 19.2 Å². The molecule has 1 aromatic carbocycles. The maximum atomic E-state index is 11.4. The van der Waals surface area contributed by atoms with Crippen LogP contribution in [0.3, 0.4) is 0 Å². The number of hydrogen-bond donors (Lipinski definition) is 1. The number of rotatable bonds is 5. The SMILES string of the molecule is CC1(C)OB(C(CC(=O)O)c2ccc(-c3ccccn3)cc2)OC1(C)C. The Hall–Kier alpha value is -2.18. The smallest absolute Gasteiger partial charge is 0.466 e. The average molecular weight is 353 g/mol. The molecule has 2 heterocycles. The Kier molecular flexibility index (Phi) is 4.91. The Morgan fingerprint density at radius 1 is 1.08 bits per heavy atom. The molecule has 0 aliphatic carbocycles. The number of carboxylic acid groups (broad SMARTS) is 1. The summed E-state index contributed by atoms with van der Waals surface area (Å²) in [4.78, 5) is 15.8. The molecule has 26 heavy (non-hydrogen) atoms. The predicted octanol–water partition coefficient (Wildman–Crippen LogP) is 3.94. The van der Waals surface area contributed by atoms with Crippen LogP contribution in [0.4, 0.5) is 0 Å². The largest absolute Gasteiger partial charge is 0.481 e. The van der Waals surface area contributed by atoms with Crippen molar-refractivity contribution in [2.75, 3.05) is 0 Å². The average Bonchev–Trinajstić information content (AvgIpc) is 2.81. The van der Waals surface area contributed by atoms with Gasteiger partial charge < -0.3 is 14.4 Å². The molecule has 1 aliphatic heterocycles. The van der Waals surface area contributed by atoms with Gasteiger partial charge in [0.2, 0.25) is 0 Å². The molecule has 1 unspecified atom stereocenters. The van der Waals surface area contributed by atoms with Gasteiger partial charge in [0.25, 0.3) is 0 Å². The summed E-state index contributed by atoms with van der Waals surface area (Å²) in [5, 5.41) is 9.38. The van der Waals surface area contributed by atoms with E-state index in [4.69, 9.17) is 9.31 Å². The van der Waals surface area contributed by atoms with E-state index in [1.165, 1.54) is 0 Å². The van der Waals surface area contributed by atoms with E-state index in [2.05, 4.69) is 4.98 Å². The summed E-state index contributed by atoms with van der Waals surface area (Å²) in [5.41, 5.74) is 1.75. The summed E-state index contributed by atoms with van der Waals surface area (Å²) in [6.07, 6.45) is 1.70. The first kappa shape index (κ1) is 18.6. The van der Waals surface area contributed by atoms with Gasteiger partial charge in [0.15, 0.2) is 0 Å². The van der Waals surface area contributed by atoms with Crippen LogP contribution in [-0.2, 0) is 14.1 Å². The van der Waals surface area contributed by atoms with Gasteiger partial charge in [0, 0.05) is 17.6 Å². The van der Waals surface area contributed by atoms with Crippen molar-refractivity contribution in [3.05, 3.63) is 54.2 Å². The molecule has 3 rings (SSSR count). The van der Waals surface area contributed by atoms with E-state index in [1.54, 1.807) is 6.20 Å². The number of carbonyl (C=O) groups is 1. The van der Waals surface area contributed by atoms with Crippen molar-refractivity contribution in [2.24, 2.45) is 0 Å². The van der Waals surface area contributed by atoms with Gasteiger partial charge in [-0.1, -0.05) is 30.3 Å². The van der Waals surface area contributed by atoms with Crippen LogP contribution in [0.25, 0.3) is 11.3 Å². The summed E-state index contributed by atoms with van der Waals surface area (Å²) in [5.74, 6) is -1.26. The minimum atomic E-state index is -0.876. The minimum Gasteiger partial charge on any atom is -0.481 e. The highest BCUT2D eigenvalue weighted by Crippen LogP contribution is 2.41. The fraction of sp³-hybridized carbons (Fsp3) is 0.400. The van der Waals surface area contributed by atoms with Gasteiger partial charge in [-0.3, -0.25) is 9.78 Å². The van der Waals surface area contributed by atoms with Crippen LogP contribution in [0.15, 0.2) is 48.7 Å². The Bertz CT molecular complexity index is 758. The van der Waals surface area contributed by atoms with Gasteiger partial charge in [0.05, 0.1) is 23.3 Å². The molecule has 0 spiro atoms. The van der Waals surface area contributed by atoms with Crippen LogP contribution in [0, 0.1) is 0 Å². The third kappa shape index (κ3) is 3.66. The molecule has 0 saturated carbocycles. The second-order valence-corrected chi connectivity index (χ2v) is 7.67. The standard InChI is InChI=1S/C20H24BNO4/c1-19(2)20(3,4)26-21(25-19)16(13-18(23)24)14-8-10-15(11-9-14)17-7-5-6-12-22-17/h5-12,16H,13H2,1-4H3,(H,23,24). The third-order valence-corrected chi connectivity index (χ3v) is 5.29. The topological polar surface area (TPSA) is 68.7 Å². The Morgan fingerprint density at radius 3 is 2.19 bits per heavy atom. The quantitative estimate of drug-likeness (QED) is 0.825. The number of carboxylic acids is 1. The summed E-state index contributed by atoms with van der Waals surface area (Å²) < 4.78 is 12.2. The van der Waals surface area contributed by atoms with Crippen molar-refractivity contribution in [1.29, 1.82) is 0 Å². The van der Waals surface area contributed by atoms with Gasteiger partial charge in [-0.2, -0.15) is 0 Å². The molecule has 0 radical (unpaired) electrons. The molecule has 136 valence electrons. The summed E-state index contributed by atoms with van der Waals surface area (Å²) in [7, 11) is -0.600. The van der Waals surface area contributed by atoms with Crippen molar-refractivity contribution in [2.45, 2.75) is 51.1 Å². The Labute approximate surface area is 154 Å². The van der Waals surface area contributed by atoms with E-state index in [0.29, 0.717) is 0 Å². The first-order valence-electron chi connectivity index (χ1n) is 8.78. The van der Waals surface area contributed by atoms with Gasteiger partial charge in [-0.25, -0.2) is 0 Å². The fourth-order valence-electron chi connectivity index (χ4n) is 3.05. The van der Waals surface area contributed by atoms with E-state index in [1.807, 2.05) is 70.2 Å². The van der Waals surface area contributed by atoms with Crippen LogP contribution in [0.2, 0.25) is 0 Å². The first-order chi connectivity index (χ1) is 12.2. The minimum absolute atomic E-state index is 0.0558. The molecule has 1 atom stereocenters. The van der Waals surface area contributed by atoms with Crippen molar-refractivity contribution in [1.82, 2.24) is 4.98 Å². The van der Waals surface area contributed by atoms with Crippen LogP contribution >= 0.6 is 0 Å². The molecule has 0 amide bonds. The third-order valence-electron chi connectivity index (χ3n) is 5.29. The summed E-state index contributed by atoms with van der Waals surface area (Å²) in [6.45, 7) is 7.87. The highest BCUT2D eigenvalue weighted by Gasteiger charge is 2.54. The van der Waals surface area contributed by atoms with Gasteiger partial charge >= 0.3 is 13.1 Å². The van der Waals surface area contributed by atoms with E-state index in [9.17, 15) is 9.90 Å². The molecular weight excluding hydrogens is 329 g/mol. The molecule has 6 heteroatoms. The van der Waals surface area contributed by atoms with Crippen LogP contribution in [0.1, 0.15) is 45.5 Å². The lowest BCUT2D eigenvalue weighted by atomic mass is 9.66. The van der Waals surface area contributed by atoms with E-state index in [0.717, 1.165) is 16.8 Å². The summed E-state index contributed by atoms with van der Waals surface area (Å²) in [6, 6.07) is 13.5. The Balaban J connectivity index is 1.88. The molecule has 2 aromatic rings. The zero-order valence-electron chi connectivity index (χ0n) is 15.6. The van der Waals surface area contributed by atoms with Crippen LogP contribution < -0.4 is 0 Å². The number of hydrogen-bond acceptors (Lipinski definition) is 4. The van der Waals surface area contributed by atoms with E-state index in [-0.39, 0.29) is 12.2 Å². The van der Waals surface area contributed by atoms with Gasteiger partial charge in [-0.05, 0) is 45.4 Å². The second-order valence-electron chi connectivity index (χ2n) is 7.67. The molecule has 1 N–H and O–H groups in total. The molecule has 1 saturated heterocycles. The lowest BCUT2D eigenvalue weighted by Gasteiger charge is -2.32. The summed E-state index contributed by atoms with van der Waals surface area (Å²) >= 11 is 0. The molecular formula is C20H24BNO4. The maximum absolute atomic E-state index is 11.4. The first-order valence-corrected chi connectivity index (χ1v) is 8.78. The van der Waals surface area contributed by atoms with Crippen molar-refractivity contribution >= 4 is 13.1 Å². The zero-order valence-corrected chi connectivity index (χ0v) is 15.6. The highest BCUT2D eigenvalue weighted by atomic mass is 16.7. The second kappa shape index (κ2) is 6.85. The zero-order chi connectivity index (χ0) is 18.9. The monoisotopic (exact) mass is 353 g/mol. The predicted molar refractivity (Wildman–Crippen MR) is 101 cm³/mol. The lowest BCUT2D eigenvalue weighted by molar-refractivity contribution is -0.137. The Morgan fingerprint density at radius 2 is 1.69 bits per heavy atom. The number of pyridine rings is 1. The number of aliphatic carboxylic acids is 1. The maximum Gasteiger partial charge on any atom is 0.466 e. The van der Waals surface area contributed by atoms with E-state index >= 15 is 0 Å². The fourth-order valence-corrected chi connectivity index (χ4v) is 3.05. The molecule has 1 aromatic heterocycles. The number of aromatic nitrogens is 1. The normalized spacial score (nSPS) is 19.3. The van der Waals surface area contributed by atoms with Crippen molar-refractivity contribution in [3.63, 3.8) is 0 Å². The van der Waals surface area contributed by atoms with Gasteiger partial charge in [0.1, 0.15) is 0 Å². The van der Waals surface area contributed by atoms with Crippen LogP contribution in [-0.4, -0.2) is 34.4 Å². The molecule has 1 aliphatic rings. The van der Waals surface area contributed by atoms with Crippen LogP contribution in [0.5, 0.6) is 0 Å². The lowest BCUT2D eigenvalue weighted by Crippen LogP contribution is -2.41. The number of benzene rings is 1. The van der Waals surface area contributed by atoms with Gasteiger partial charge in [-0.15, -0.1) is 0 Å². The van der Waals surface area contributed by atoms with E-state index < -0.39 is 24.3 Å². The molecule has 0 bridgehead atoms. The van der Waals surface area contributed by atoms with Crippen molar-refractivity contribution in [3.8, 4) is 11.3 Å². The number of nitrogens with zero attached hydrogens (tertiary/aromatic N) is 1. The highest BCUT2D eigenvalue weighted by molar-refractivity contribution is 6.48. The molecule has 5 nitrogen and oxygen atoms in total.